The highest BCUT2D eigenvalue weighted by atomic mass is 32.2. The Morgan fingerprint density at radius 2 is 2.00 bits per heavy atom. The molecule has 0 amide bonds. The van der Waals surface area contributed by atoms with Gasteiger partial charge in [-0.05, 0) is 19.8 Å². The molecule has 2 unspecified atom stereocenters. The lowest BCUT2D eigenvalue weighted by Gasteiger charge is -2.29. The van der Waals surface area contributed by atoms with Crippen LogP contribution in [0.25, 0.3) is 0 Å². The maximum Gasteiger partial charge on any atom is 0.310 e. The molecule has 0 aromatic heterocycles. The zero-order valence-electron chi connectivity index (χ0n) is 14.7. The Morgan fingerprint density at radius 1 is 1.39 bits per heavy atom. The highest BCUT2D eigenvalue weighted by molar-refractivity contribution is 7.88. The van der Waals surface area contributed by atoms with Crippen LogP contribution >= 0.6 is 0 Å². The smallest absolute Gasteiger partial charge is 0.310 e. The maximum absolute atomic E-state index is 11.8. The predicted molar refractivity (Wildman–Crippen MR) is 89.7 cm³/mol. The second-order valence-electron chi connectivity index (χ2n) is 6.67. The van der Waals surface area contributed by atoms with E-state index in [1.54, 1.807) is 20.9 Å². The molecule has 2 atom stereocenters. The average Bonchev–Trinajstić information content (AvgIpc) is 2.77. The van der Waals surface area contributed by atoms with Crippen molar-refractivity contribution in [2.75, 3.05) is 40.0 Å². The summed E-state index contributed by atoms with van der Waals surface area (Å²) in [5.74, 6) is 0.421. The number of sulfonamides is 1. The normalized spacial score (nSPS) is 23.0. The van der Waals surface area contributed by atoms with Gasteiger partial charge in [0.1, 0.15) is 0 Å². The number of likely N-dealkylation sites (tertiary alicyclic amines) is 1. The van der Waals surface area contributed by atoms with Crippen molar-refractivity contribution in [3.63, 3.8) is 0 Å². The van der Waals surface area contributed by atoms with Crippen LogP contribution in [-0.2, 0) is 19.6 Å². The summed E-state index contributed by atoms with van der Waals surface area (Å²) in [6.07, 6.45) is 1.13. The standard InChI is InChI=1S/C14H28N4O4S/c1-10-7-18(8-11(10)12(19)22-5)13(15-4)16-9-14(2,3)17-23(6,20)21/h10-11,17H,7-9H2,1-6H3,(H,15,16). The first-order valence-corrected chi connectivity index (χ1v) is 9.40. The van der Waals surface area contributed by atoms with Crippen LogP contribution in [0.2, 0.25) is 0 Å². The van der Waals surface area contributed by atoms with Crippen molar-refractivity contribution >= 4 is 22.0 Å². The minimum Gasteiger partial charge on any atom is -0.469 e. The summed E-state index contributed by atoms with van der Waals surface area (Å²) in [7, 11) is -0.237. The lowest BCUT2D eigenvalue weighted by atomic mass is 9.99. The van der Waals surface area contributed by atoms with Gasteiger partial charge in [0.25, 0.3) is 0 Å². The molecule has 8 nitrogen and oxygen atoms in total. The van der Waals surface area contributed by atoms with Crippen molar-refractivity contribution < 1.29 is 17.9 Å². The zero-order valence-corrected chi connectivity index (χ0v) is 15.5. The second kappa shape index (κ2) is 7.48. The molecule has 0 spiro atoms. The van der Waals surface area contributed by atoms with Gasteiger partial charge in [-0.25, -0.2) is 13.1 Å². The number of carbonyl (C=O) groups excluding carboxylic acids is 1. The molecule has 0 saturated carbocycles. The highest BCUT2D eigenvalue weighted by Gasteiger charge is 2.37. The Kier molecular flexibility index (Phi) is 6.41. The molecule has 1 aliphatic heterocycles. The Labute approximate surface area is 138 Å². The monoisotopic (exact) mass is 348 g/mol. The fraction of sp³-hybridized carbons (Fsp3) is 0.857. The lowest BCUT2D eigenvalue weighted by Crippen LogP contribution is -2.53. The van der Waals surface area contributed by atoms with Gasteiger partial charge < -0.3 is 15.0 Å². The number of hydrogen-bond acceptors (Lipinski definition) is 5. The third-order valence-electron chi connectivity index (χ3n) is 3.78. The van der Waals surface area contributed by atoms with E-state index in [0.717, 1.165) is 6.26 Å². The number of rotatable bonds is 5. The first kappa shape index (κ1) is 19.7. The van der Waals surface area contributed by atoms with Crippen molar-refractivity contribution in [3.05, 3.63) is 0 Å². The molecule has 1 fully saturated rings. The first-order chi connectivity index (χ1) is 10.5. The summed E-state index contributed by atoms with van der Waals surface area (Å²) >= 11 is 0. The third kappa shape index (κ3) is 5.98. The average molecular weight is 348 g/mol. The van der Waals surface area contributed by atoms with Crippen LogP contribution in [0.15, 0.2) is 4.99 Å². The zero-order chi connectivity index (χ0) is 17.8. The van der Waals surface area contributed by atoms with E-state index in [1.165, 1.54) is 7.11 Å². The molecular weight excluding hydrogens is 320 g/mol. The van der Waals surface area contributed by atoms with E-state index < -0.39 is 15.6 Å². The predicted octanol–water partition coefficient (Wildman–Crippen LogP) is -0.369. The molecule has 0 bridgehead atoms. The summed E-state index contributed by atoms with van der Waals surface area (Å²) < 4.78 is 30.2. The van der Waals surface area contributed by atoms with Crippen LogP contribution < -0.4 is 10.0 Å². The number of nitrogens with zero attached hydrogens (tertiary/aromatic N) is 2. The highest BCUT2D eigenvalue weighted by Crippen LogP contribution is 2.24. The van der Waals surface area contributed by atoms with Gasteiger partial charge in [0.15, 0.2) is 5.96 Å². The molecular formula is C14H28N4O4S. The number of aliphatic imine (C=N–C) groups is 1. The van der Waals surface area contributed by atoms with E-state index in [0.29, 0.717) is 25.6 Å². The molecule has 2 N–H and O–H groups in total. The molecule has 0 aromatic rings. The Bertz CT molecular complexity index is 559. The molecule has 1 heterocycles. The molecule has 1 rings (SSSR count). The first-order valence-electron chi connectivity index (χ1n) is 7.51. The SMILES string of the molecule is CN=C(NCC(C)(C)NS(C)(=O)=O)N1CC(C)C(C(=O)OC)C1. The molecule has 1 aliphatic rings. The molecule has 134 valence electrons. The number of nitrogens with one attached hydrogen (secondary N) is 2. The van der Waals surface area contributed by atoms with Gasteiger partial charge in [-0.3, -0.25) is 9.79 Å². The fourth-order valence-electron chi connectivity index (χ4n) is 2.77. The molecule has 23 heavy (non-hydrogen) atoms. The number of carbonyl (C=O) groups is 1. The van der Waals surface area contributed by atoms with Gasteiger partial charge >= 0.3 is 5.97 Å². The van der Waals surface area contributed by atoms with Crippen LogP contribution in [0.4, 0.5) is 0 Å². The number of guanidine groups is 1. The van der Waals surface area contributed by atoms with E-state index in [9.17, 15) is 13.2 Å². The van der Waals surface area contributed by atoms with Crippen molar-refractivity contribution in [1.29, 1.82) is 0 Å². The van der Waals surface area contributed by atoms with Crippen molar-refractivity contribution in [2.45, 2.75) is 26.3 Å². The summed E-state index contributed by atoms with van der Waals surface area (Å²) in [6, 6.07) is 0. The molecule has 0 aromatic carbocycles. The van der Waals surface area contributed by atoms with Gasteiger partial charge in [0.2, 0.25) is 10.0 Å². The minimum absolute atomic E-state index is 0.170. The topological polar surface area (TPSA) is 100 Å². The van der Waals surface area contributed by atoms with Crippen LogP contribution in [0.3, 0.4) is 0 Å². The fourth-order valence-corrected chi connectivity index (χ4v) is 3.84. The summed E-state index contributed by atoms with van der Waals surface area (Å²) in [6.45, 7) is 7.19. The van der Waals surface area contributed by atoms with Crippen molar-refractivity contribution in [3.8, 4) is 0 Å². The van der Waals surface area contributed by atoms with E-state index >= 15 is 0 Å². The quantitative estimate of drug-likeness (QED) is 0.399. The molecule has 0 radical (unpaired) electrons. The minimum atomic E-state index is -3.29. The van der Waals surface area contributed by atoms with Crippen molar-refractivity contribution in [2.24, 2.45) is 16.8 Å². The third-order valence-corrected chi connectivity index (χ3v) is 4.70. The second-order valence-corrected chi connectivity index (χ2v) is 8.42. The van der Waals surface area contributed by atoms with Crippen LogP contribution in [0.1, 0.15) is 20.8 Å². The van der Waals surface area contributed by atoms with Gasteiger partial charge in [0.05, 0.1) is 19.3 Å². The maximum atomic E-state index is 11.8. The molecule has 0 aliphatic carbocycles. The van der Waals surface area contributed by atoms with E-state index in [2.05, 4.69) is 15.0 Å². The van der Waals surface area contributed by atoms with Gasteiger partial charge in [-0.1, -0.05) is 6.92 Å². The van der Waals surface area contributed by atoms with Gasteiger partial charge in [0, 0.05) is 32.2 Å². The molecule has 1 saturated heterocycles. The number of methoxy groups -OCH3 is 1. The summed E-state index contributed by atoms with van der Waals surface area (Å²) in [5.41, 5.74) is -0.656. The Morgan fingerprint density at radius 3 is 2.48 bits per heavy atom. The van der Waals surface area contributed by atoms with Gasteiger partial charge in [-0.2, -0.15) is 0 Å². The Hall–Kier alpha value is -1.35. The number of esters is 1. The largest absolute Gasteiger partial charge is 0.469 e. The van der Waals surface area contributed by atoms with Crippen LogP contribution in [-0.4, -0.2) is 70.8 Å². The van der Waals surface area contributed by atoms with E-state index in [4.69, 9.17) is 4.74 Å². The van der Waals surface area contributed by atoms with Crippen LogP contribution in [0, 0.1) is 11.8 Å². The van der Waals surface area contributed by atoms with E-state index in [1.807, 2.05) is 11.8 Å². The van der Waals surface area contributed by atoms with Crippen LogP contribution in [0.5, 0.6) is 0 Å². The Balaban J connectivity index is 2.67. The summed E-state index contributed by atoms with van der Waals surface area (Å²) in [4.78, 5) is 18.0. The molecule has 9 heteroatoms. The summed E-state index contributed by atoms with van der Waals surface area (Å²) in [5, 5.41) is 3.17. The number of hydrogen-bond donors (Lipinski definition) is 2. The lowest BCUT2D eigenvalue weighted by molar-refractivity contribution is -0.145. The van der Waals surface area contributed by atoms with E-state index in [-0.39, 0.29) is 17.8 Å². The van der Waals surface area contributed by atoms with Crippen molar-refractivity contribution in [1.82, 2.24) is 14.9 Å². The number of ether oxygens (including phenoxy) is 1. The van der Waals surface area contributed by atoms with Gasteiger partial charge in [-0.15, -0.1) is 0 Å².